The van der Waals surface area contributed by atoms with E-state index in [1.807, 2.05) is 24.3 Å². The minimum Gasteiger partial charge on any atom is -0.481 e. The molecule has 0 amide bonds. The van der Waals surface area contributed by atoms with Gasteiger partial charge in [-0.15, -0.1) is 0 Å². The highest BCUT2D eigenvalue weighted by molar-refractivity contribution is 6.30. The number of carboxylic acids is 1. The van der Waals surface area contributed by atoms with Gasteiger partial charge in [0.2, 0.25) is 0 Å². The lowest BCUT2D eigenvalue weighted by atomic mass is 9.87. The molecular weight excluding hydrogens is 571 g/mol. The van der Waals surface area contributed by atoms with Crippen LogP contribution >= 0.6 is 11.6 Å². The van der Waals surface area contributed by atoms with Gasteiger partial charge >= 0.3 is 12.6 Å². The van der Waals surface area contributed by atoms with Crippen molar-refractivity contribution in [1.82, 2.24) is 14.5 Å². The molecule has 1 atom stereocenters. The number of benzene rings is 3. The zero-order chi connectivity index (χ0) is 29.5. The summed E-state index contributed by atoms with van der Waals surface area (Å²) in [6.07, 6.45) is 4.93. The highest BCUT2D eigenvalue weighted by atomic mass is 35.5. The van der Waals surface area contributed by atoms with Gasteiger partial charge in [0, 0.05) is 23.2 Å². The molecule has 7 nitrogen and oxygen atoms in total. The first-order valence-corrected chi connectivity index (χ1v) is 13.9. The lowest BCUT2D eigenvalue weighted by Crippen LogP contribution is -2.33. The zero-order valence-electron chi connectivity index (χ0n) is 22.6. The predicted molar refractivity (Wildman–Crippen MR) is 152 cm³/mol. The quantitative estimate of drug-likeness (QED) is 0.243. The summed E-state index contributed by atoms with van der Waals surface area (Å²) >= 11 is 5.94. The first-order valence-electron chi connectivity index (χ1n) is 13.5. The van der Waals surface area contributed by atoms with Crippen LogP contribution in [0.5, 0.6) is 11.5 Å². The molecule has 0 saturated carbocycles. The fourth-order valence-corrected chi connectivity index (χ4v) is 5.93. The minimum absolute atomic E-state index is 0.155. The van der Waals surface area contributed by atoms with Crippen LogP contribution in [0.1, 0.15) is 57.7 Å². The Hall–Kier alpha value is -4.02. The molecule has 218 valence electrons. The fraction of sp³-hybridized carbons (Fsp3) is 0.290. The Morgan fingerprint density at radius 1 is 1.17 bits per heavy atom. The average Bonchev–Trinajstić information content (AvgIpc) is 3.27. The number of piperidine rings is 1. The Balaban J connectivity index is 1.18. The Labute approximate surface area is 244 Å². The van der Waals surface area contributed by atoms with Gasteiger partial charge in [-0.2, -0.15) is 8.78 Å². The van der Waals surface area contributed by atoms with E-state index in [2.05, 4.69) is 20.7 Å². The molecule has 1 saturated heterocycles. The summed E-state index contributed by atoms with van der Waals surface area (Å²) in [6, 6.07) is 13.1. The Kier molecular flexibility index (Phi) is 7.59. The smallest absolute Gasteiger partial charge is 0.387 e. The highest BCUT2D eigenvalue weighted by Crippen LogP contribution is 2.42. The van der Waals surface area contributed by atoms with Crippen LogP contribution in [0.4, 0.5) is 13.2 Å². The second-order valence-electron chi connectivity index (χ2n) is 10.5. The lowest BCUT2D eigenvalue weighted by molar-refractivity contribution is -0.0489. The van der Waals surface area contributed by atoms with E-state index in [4.69, 9.17) is 16.3 Å². The van der Waals surface area contributed by atoms with Crippen molar-refractivity contribution in [1.29, 1.82) is 0 Å². The first-order chi connectivity index (χ1) is 20.2. The van der Waals surface area contributed by atoms with Gasteiger partial charge < -0.3 is 19.1 Å². The van der Waals surface area contributed by atoms with Crippen molar-refractivity contribution < 1.29 is 32.5 Å². The number of nitrogens with zero attached hydrogens (tertiary/aromatic N) is 3. The molecule has 6 rings (SSSR count). The molecule has 0 aliphatic carbocycles. The molecule has 2 aliphatic heterocycles. The largest absolute Gasteiger partial charge is 0.481 e. The number of aromatic carboxylic acids is 1. The van der Waals surface area contributed by atoms with Crippen LogP contribution in [0.3, 0.4) is 0 Å². The molecule has 11 heteroatoms. The van der Waals surface area contributed by atoms with E-state index in [0.29, 0.717) is 28.5 Å². The maximum atomic E-state index is 14.6. The van der Waals surface area contributed by atoms with Crippen LogP contribution in [-0.4, -0.2) is 45.2 Å². The van der Waals surface area contributed by atoms with Gasteiger partial charge in [-0.25, -0.2) is 14.2 Å². The molecule has 0 radical (unpaired) electrons. The highest BCUT2D eigenvalue weighted by Gasteiger charge is 2.29. The standard InChI is InChI=1S/C31H27ClF3N3O4/c1-37-24-13-19(30(39)40)14-26(42-31(34)35)28(24)36-27(37)16-38-11-9-17(10-12-38)21-4-2-3-18-5-8-25(41-29(18)21)22-7-6-20(32)15-23(22)33/h2-8,13-15,17,25,31H,9-12,16H2,1H3,(H,39,40)/t25-/m0/s1. The number of hydrogen-bond donors (Lipinski definition) is 1. The third kappa shape index (κ3) is 5.44. The van der Waals surface area contributed by atoms with E-state index in [0.717, 1.165) is 48.9 Å². The van der Waals surface area contributed by atoms with E-state index in [1.54, 1.807) is 23.7 Å². The van der Waals surface area contributed by atoms with Gasteiger partial charge in [-0.1, -0.05) is 41.9 Å². The predicted octanol–water partition coefficient (Wildman–Crippen LogP) is 7.19. The average molecular weight is 598 g/mol. The second kappa shape index (κ2) is 11.3. The van der Waals surface area contributed by atoms with Crippen LogP contribution in [0, 0.1) is 5.82 Å². The van der Waals surface area contributed by atoms with Crippen LogP contribution in [-0.2, 0) is 13.6 Å². The van der Waals surface area contributed by atoms with Crippen molar-refractivity contribution in [3.63, 3.8) is 0 Å². The Morgan fingerprint density at radius 2 is 1.95 bits per heavy atom. The summed E-state index contributed by atoms with van der Waals surface area (Å²) in [5.41, 5.74) is 2.89. The number of imidazole rings is 1. The molecule has 1 N–H and O–H groups in total. The van der Waals surface area contributed by atoms with Crippen LogP contribution in [0.15, 0.2) is 54.6 Å². The van der Waals surface area contributed by atoms with Gasteiger partial charge in [-0.05, 0) is 67.8 Å². The molecular formula is C31H27ClF3N3O4. The van der Waals surface area contributed by atoms with Crippen LogP contribution < -0.4 is 9.47 Å². The van der Waals surface area contributed by atoms with Crippen molar-refractivity contribution >= 4 is 34.7 Å². The molecule has 0 unspecified atom stereocenters. The summed E-state index contributed by atoms with van der Waals surface area (Å²) in [5.74, 6) is -0.325. The minimum atomic E-state index is -3.11. The number of likely N-dealkylation sites (tertiary alicyclic amines) is 1. The number of para-hydroxylation sites is 1. The Bertz CT molecular complexity index is 1700. The molecule has 4 aromatic rings. The van der Waals surface area contributed by atoms with E-state index in [1.165, 1.54) is 12.1 Å². The number of carboxylic acid groups (broad SMARTS) is 1. The normalized spacial score (nSPS) is 17.4. The van der Waals surface area contributed by atoms with Crippen molar-refractivity contribution in [2.45, 2.75) is 38.0 Å². The topological polar surface area (TPSA) is 76.8 Å². The molecule has 0 spiro atoms. The summed E-state index contributed by atoms with van der Waals surface area (Å²) in [7, 11) is 1.73. The third-order valence-electron chi connectivity index (χ3n) is 7.94. The SMILES string of the molecule is Cn1c(CN2CCC(c3cccc4c3O[C@H](c3ccc(Cl)cc3F)C=C4)CC2)nc2c(OC(F)F)cc(C(=O)O)cc21. The summed E-state index contributed by atoms with van der Waals surface area (Å²) in [6.45, 7) is -1.14. The number of carbonyl (C=O) groups is 1. The zero-order valence-corrected chi connectivity index (χ0v) is 23.3. The maximum Gasteiger partial charge on any atom is 0.387 e. The lowest BCUT2D eigenvalue weighted by Gasteiger charge is -2.34. The molecule has 42 heavy (non-hydrogen) atoms. The molecule has 1 aromatic heterocycles. The molecule has 1 fully saturated rings. The number of ether oxygens (including phenoxy) is 2. The van der Waals surface area contributed by atoms with E-state index in [-0.39, 0.29) is 22.7 Å². The van der Waals surface area contributed by atoms with Crippen LogP contribution in [0.25, 0.3) is 17.1 Å². The van der Waals surface area contributed by atoms with Crippen molar-refractivity contribution in [3.8, 4) is 11.5 Å². The van der Waals surface area contributed by atoms with Crippen molar-refractivity contribution in [2.75, 3.05) is 13.1 Å². The van der Waals surface area contributed by atoms with Gasteiger partial charge in [0.05, 0.1) is 17.6 Å². The second-order valence-corrected chi connectivity index (χ2v) is 10.9. The fourth-order valence-electron chi connectivity index (χ4n) is 5.78. The molecule has 3 heterocycles. The van der Waals surface area contributed by atoms with E-state index < -0.39 is 24.5 Å². The van der Waals surface area contributed by atoms with Crippen molar-refractivity contribution in [3.05, 3.63) is 93.5 Å². The Morgan fingerprint density at radius 3 is 2.67 bits per heavy atom. The number of fused-ring (bicyclic) bond motifs is 2. The summed E-state index contributed by atoms with van der Waals surface area (Å²) in [5, 5.41) is 9.76. The van der Waals surface area contributed by atoms with Gasteiger partial charge in [0.25, 0.3) is 0 Å². The number of alkyl halides is 2. The van der Waals surface area contributed by atoms with Crippen molar-refractivity contribution in [2.24, 2.45) is 7.05 Å². The monoisotopic (exact) mass is 597 g/mol. The number of aromatic nitrogens is 2. The number of rotatable bonds is 7. The first kappa shape index (κ1) is 28.1. The third-order valence-corrected chi connectivity index (χ3v) is 8.18. The van der Waals surface area contributed by atoms with Gasteiger partial charge in [0.1, 0.15) is 29.0 Å². The number of aryl methyl sites for hydroxylation is 1. The van der Waals surface area contributed by atoms with Crippen LogP contribution in [0.2, 0.25) is 5.02 Å². The van der Waals surface area contributed by atoms with E-state index >= 15 is 0 Å². The summed E-state index contributed by atoms with van der Waals surface area (Å²) < 4.78 is 53.4. The molecule has 3 aromatic carbocycles. The molecule has 0 bridgehead atoms. The number of hydrogen-bond acceptors (Lipinski definition) is 5. The molecule has 2 aliphatic rings. The maximum absolute atomic E-state index is 14.6. The number of halogens is 4. The van der Waals surface area contributed by atoms with E-state index in [9.17, 15) is 23.1 Å². The van der Waals surface area contributed by atoms with Gasteiger partial charge in [-0.3, -0.25) is 4.90 Å². The summed E-state index contributed by atoms with van der Waals surface area (Å²) in [4.78, 5) is 18.3. The van der Waals surface area contributed by atoms with Gasteiger partial charge in [0.15, 0.2) is 5.75 Å².